The number of benzene rings is 1. The van der Waals surface area contributed by atoms with Crippen LogP contribution in [-0.4, -0.2) is 48.6 Å². The summed E-state index contributed by atoms with van der Waals surface area (Å²) in [4.78, 5) is 26.1. The molecule has 9 heteroatoms. The Labute approximate surface area is 151 Å². The number of aliphatic carboxylic acids is 1. The number of carboxylic acid groups (broad SMARTS) is 1. The van der Waals surface area contributed by atoms with Gasteiger partial charge in [0.15, 0.2) is 0 Å². The van der Waals surface area contributed by atoms with Gasteiger partial charge in [0.05, 0.1) is 11.9 Å². The van der Waals surface area contributed by atoms with E-state index in [0.717, 1.165) is 44.1 Å². The summed E-state index contributed by atoms with van der Waals surface area (Å²) in [5.41, 5.74) is -0.264. The summed E-state index contributed by atoms with van der Waals surface area (Å²) < 4.78 is 38.6. The first-order valence-electron chi connectivity index (χ1n) is 8.50. The number of carbonyl (C=O) groups excluding carboxylic acids is 1. The monoisotopic (exact) mass is 384 g/mol. The van der Waals surface area contributed by atoms with Gasteiger partial charge in [0.2, 0.25) is 10.0 Å². The van der Waals surface area contributed by atoms with Gasteiger partial charge in [-0.05, 0) is 43.4 Å². The van der Waals surface area contributed by atoms with E-state index in [1.54, 1.807) is 0 Å². The van der Waals surface area contributed by atoms with Gasteiger partial charge in [-0.3, -0.25) is 9.52 Å². The minimum atomic E-state index is -3.71. The lowest BCUT2D eigenvalue weighted by Crippen LogP contribution is -2.46. The van der Waals surface area contributed by atoms with Crippen LogP contribution in [0.4, 0.5) is 10.1 Å². The molecule has 1 saturated heterocycles. The number of nitrogens with one attached hydrogen (secondary N) is 1. The number of rotatable bonds is 4. The number of nitrogens with zero attached hydrogens (tertiary/aromatic N) is 1. The highest BCUT2D eigenvalue weighted by Gasteiger charge is 2.47. The van der Waals surface area contributed by atoms with Gasteiger partial charge < -0.3 is 10.0 Å². The summed E-state index contributed by atoms with van der Waals surface area (Å²) in [7, 11) is -3.71. The van der Waals surface area contributed by atoms with Crippen molar-refractivity contribution in [2.75, 3.05) is 11.0 Å². The van der Waals surface area contributed by atoms with Crippen molar-refractivity contribution >= 4 is 27.6 Å². The summed E-state index contributed by atoms with van der Waals surface area (Å²) in [6, 6.07) is 2.32. The normalized spacial score (nSPS) is 25.6. The van der Waals surface area contributed by atoms with Gasteiger partial charge in [-0.2, -0.15) is 0 Å². The smallest absolute Gasteiger partial charge is 0.326 e. The van der Waals surface area contributed by atoms with Crippen molar-refractivity contribution in [3.05, 3.63) is 29.6 Å². The first-order valence-corrected chi connectivity index (χ1v) is 10.4. The third kappa shape index (κ3) is 3.67. The van der Waals surface area contributed by atoms with Crippen LogP contribution in [0.1, 0.15) is 42.5 Å². The lowest BCUT2D eigenvalue weighted by atomic mass is 9.84. The van der Waals surface area contributed by atoms with E-state index in [1.165, 1.54) is 11.0 Å². The van der Waals surface area contributed by atoms with Gasteiger partial charge in [-0.25, -0.2) is 17.6 Å². The van der Waals surface area contributed by atoms with Crippen molar-refractivity contribution in [3.8, 4) is 0 Å². The van der Waals surface area contributed by atoms with Crippen LogP contribution in [0.5, 0.6) is 0 Å². The average molecular weight is 384 g/mol. The highest BCUT2D eigenvalue weighted by atomic mass is 32.2. The molecule has 1 saturated carbocycles. The number of likely N-dealkylation sites (tertiary alicyclic amines) is 1. The Hall–Kier alpha value is -2.16. The second-order valence-corrected chi connectivity index (χ2v) is 8.73. The molecule has 2 aliphatic rings. The van der Waals surface area contributed by atoms with E-state index in [4.69, 9.17) is 0 Å². The summed E-state index contributed by atoms with van der Waals surface area (Å²) in [6.45, 7) is 0. The summed E-state index contributed by atoms with van der Waals surface area (Å²) >= 11 is 0. The van der Waals surface area contributed by atoms with E-state index in [2.05, 4.69) is 0 Å². The highest BCUT2D eigenvalue weighted by Crippen LogP contribution is 2.40. The molecule has 2 N–H and O–H groups in total. The number of anilines is 1. The molecule has 3 unspecified atom stereocenters. The Kier molecular flexibility index (Phi) is 4.92. The number of amides is 1. The molecule has 26 heavy (non-hydrogen) atoms. The largest absolute Gasteiger partial charge is 0.480 e. The van der Waals surface area contributed by atoms with Crippen LogP contribution < -0.4 is 4.72 Å². The van der Waals surface area contributed by atoms with Crippen LogP contribution in [0.2, 0.25) is 0 Å². The zero-order valence-electron chi connectivity index (χ0n) is 14.3. The van der Waals surface area contributed by atoms with Crippen LogP contribution in [0.15, 0.2) is 18.2 Å². The Morgan fingerprint density at radius 2 is 1.96 bits per heavy atom. The molecule has 1 aromatic rings. The Morgan fingerprint density at radius 1 is 1.27 bits per heavy atom. The van der Waals surface area contributed by atoms with E-state index >= 15 is 0 Å². The zero-order valence-corrected chi connectivity index (χ0v) is 15.1. The lowest BCUT2D eigenvalue weighted by molar-refractivity contribution is -0.141. The van der Waals surface area contributed by atoms with Crippen LogP contribution in [-0.2, 0) is 14.8 Å². The molecule has 0 bridgehead atoms. The number of fused-ring (bicyclic) bond motifs is 1. The molecule has 1 aliphatic carbocycles. The molecule has 1 aliphatic heterocycles. The number of hydrogen-bond acceptors (Lipinski definition) is 4. The van der Waals surface area contributed by atoms with Crippen molar-refractivity contribution in [1.82, 2.24) is 4.90 Å². The molecular formula is C17H21FN2O5S. The third-order valence-electron chi connectivity index (χ3n) is 5.12. The topological polar surface area (TPSA) is 104 Å². The van der Waals surface area contributed by atoms with E-state index < -0.39 is 33.8 Å². The molecule has 142 valence electrons. The fourth-order valence-electron chi connectivity index (χ4n) is 4.06. The van der Waals surface area contributed by atoms with Gasteiger partial charge in [0.25, 0.3) is 5.91 Å². The quantitative estimate of drug-likeness (QED) is 0.827. The maximum absolute atomic E-state index is 13.9. The highest BCUT2D eigenvalue weighted by molar-refractivity contribution is 7.92. The molecule has 7 nitrogen and oxygen atoms in total. The number of carboxylic acids is 1. The lowest BCUT2D eigenvalue weighted by Gasteiger charge is -2.33. The van der Waals surface area contributed by atoms with E-state index in [0.29, 0.717) is 6.42 Å². The predicted octanol–water partition coefficient (Wildman–Crippen LogP) is 2.06. The van der Waals surface area contributed by atoms with E-state index in [9.17, 15) is 27.5 Å². The van der Waals surface area contributed by atoms with E-state index in [-0.39, 0.29) is 23.2 Å². The Bertz CT molecular complexity index is 842. The van der Waals surface area contributed by atoms with Gasteiger partial charge in [0.1, 0.15) is 11.9 Å². The molecular weight excluding hydrogens is 363 g/mol. The van der Waals surface area contributed by atoms with Crippen molar-refractivity contribution < 1.29 is 27.5 Å². The Balaban J connectivity index is 1.94. The zero-order chi connectivity index (χ0) is 19.1. The summed E-state index contributed by atoms with van der Waals surface area (Å²) in [5, 5.41) is 9.53. The van der Waals surface area contributed by atoms with Crippen molar-refractivity contribution in [2.45, 2.75) is 44.2 Å². The fourth-order valence-corrected chi connectivity index (χ4v) is 4.61. The van der Waals surface area contributed by atoms with Gasteiger partial charge >= 0.3 is 5.97 Å². The molecule has 0 radical (unpaired) electrons. The molecule has 0 aromatic heterocycles. The molecule has 1 amide bonds. The second kappa shape index (κ2) is 6.86. The van der Waals surface area contributed by atoms with Crippen molar-refractivity contribution in [1.29, 1.82) is 0 Å². The molecule has 2 fully saturated rings. The maximum Gasteiger partial charge on any atom is 0.326 e. The predicted molar refractivity (Wildman–Crippen MR) is 92.8 cm³/mol. The van der Waals surface area contributed by atoms with Crippen molar-refractivity contribution in [2.24, 2.45) is 5.92 Å². The first-order chi connectivity index (χ1) is 12.2. The number of sulfonamides is 1. The van der Waals surface area contributed by atoms with Crippen LogP contribution in [0.3, 0.4) is 0 Å². The fraction of sp³-hybridized carbons (Fsp3) is 0.529. The van der Waals surface area contributed by atoms with Gasteiger partial charge in [-0.15, -0.1) is 0 Å². The SMILES string of the molecule is CS(=O)(=O)Nc1cc(C(=O)N2C(C(=O)O)CC3CCCCC32)ccc1F. The second-order valence-electron chi connectivity index (χ2n) is 6.98. The average Bonchev–Trinajstić information content (AvgIpc) is 2.95. The minimum absolute atomic E-state index is 0.0648. The van der Waals surface area contributed by atoms with E-state index in [1.807, 2.05) is 4.72 Å². The van der Waals surface area contributed by atoms with Crippen LogP contribution in [0.25, 0.3) is 0 Å². The Morgan fingerprint density at radius 3 is 2.62 bits per heavy atom. The third-order valence-corrected chi connectivity index (χ3v) is 5.71. The number of carbonyl (C=O) groups is 2. The molecule has 3 atom stereocenters. The maximum atomic E-state index is 13.9. The first kappa shape index (κ1) is 18.6. The molecule has 1 aromatic carbocycles. The number of hydrogen-bond donors (Lipinski definition) is 2. The van der Waals surface area contributed by atoms with Crippen molar-refractivity contribution in [3.63, 3.8) is 0 Å². The standard InChI is InChI=1S/C17H21FN2O5S/c1-26(24,25)19-13-8-11(6-7-12(13)18)16(21)20-14-5-3-2-4-10(14)9-15(20)17(22)23/h6-8,10,14-15,19H,2-5,9H2,1H3,(H,22,23). The van der Waals surface area contributed by atoms with Gasteiger partial charge in [-0.1, -0.05) is 12.8 Å². The van der Waals surface area contributed by atoms with Crippen LogP contribution in [0, 0.1) is 11.7 Å². The summed E-state index contributed by atoms with van der Waals surface area (Å²) in [5.74, 6) is -2.21. The molecule has 0 spiro atoms. The van der Waals surface area contributed by atoms with Gasteiger partial charge in [0, 0.05) is 11.6 Å². The van der Waals surface area contributed by atoms with Crippen LogP contribution >= 0.6 is 0 Å². The minimum Gasteiger partial charge on any atom is -0.480 e. The number of halogens is 1. The molecule has 1 heterocycles. The summed E-state index contributed by atoms with van der Waals surface area (Å²) in [6.07, 6.45) is 4.89. The molecule has 3 rings (SSSR count).